The van der Waals surface area contributed by atoms with Crippen LogP contribution in [0.4, 0.5) is 5.69 Å². The van der Waals surface area contributed by atoms with Crippen molar-refractivity contribution in [3.8, 4) is 11.8 Å². The van der Waals surface area contributed by atoms with E-state index in [2.05, 4.69) is 11.4 Å². The maximum absolute atomic E-state index is 11.9. The SMILES string of the molecule is COc1ccc(NC(=O)C(C)SCCCC#N)cc1. The van der Waals surface area contributed by atoms with E-state index in [1.165, 1.54) is 0 Å². The highest BCUT2D eigenvalue weighted by molar-refractivity contribution is 8.00. The van der Waals surface area contributed by atoms with Gasteiger partial charge in [-0.3, -0.25) is 4.79 Å². The fraction of sp³-hybridized carbons (Fsp3) is 0.429. The number of hydrogen-bond acceptors (Lipinski definition) is 4. The molecule has 0 aliphatic rings. The van der Waals surface area contributed by atoms with Gasteiger partial charge in [-0.25, -0.2) is 0 Å². The molecule has 0 spiro atoms. The first-order valence-electron chi connectivity index (χ1n) is 6.11. The van der Waals surface area contributed by atoms with Crippen molar-refractivity contribution in [1.29, 1.82) is 5.26 Å². The van der Waals surface area contributed by atoms with Crippen molar-refractivity contribution in [2.75, 3.05) is 18.2 Å². The van der Waals surface area contributed by atoms with E-state index in [0.29, 0.717) is 6.42 Å². The maximum atomic E-state index is 11.9. The molecular formula is C14H18N2O2S. The highest BCUT2D eigenvalue weighted by atomic mass is 32.2. The molecule has 0 saturated heterocycles. The molecule has 1 unspecified atom stereocenters. The second-order valence-corrected chi connectivity index (χ2v) is 5.44. The van der Waals surface area contributed by atoms with Crippen LogP contribution in [0.5, 0.6) is 5.75 Å². The van der Waals surface area contributed by atoms with Crippen molar-refractivity contribution in [2.45, 2.75) is 25.0 Å². The molecule has 0 heterocycles. The molecule has 1 aromatic rings. The second kappa shape index (κ2) is 8.44. The number of carbonyl (C=O) groups is 1. The highest BCUT2D eigenvalue weighted by Gasteiger charge is 2.13. The van der Waals surface area contributed by atoms with Gasteiger partial charge in [0.2, 0.25) is 5.91 Å². The Hall–Kier alpha value is -1.67. The van der Waals surface area contributed by atoms with E-state index in [4.69, 9.17) is 10.00 Å². The number of ether oxygens (including phenoxy) is 1. The fourth-order valence-corrected chi connectivity index (χ4v) is 2.28. The van der Waals surface area contributed by atoms with Crippen LogP contribution in [-0.4, -0.2) is 24.0 Å². The number of nitrogens with zero attached hydrogens (tertiary/aromatic N) is 1. The summed E-state index contributed by atoms with van der Waals surface area (Å²) in [6.07, 6.45) is 1.36. The van der Waals surface area contributed by atoms with Gasteiger partial charge in [0.15, 0.2) is 0 Å². The minimum Gasteiger partial charge on any atom is -0.497 e. The van der Waals surface area contributed by atoms with Gasteiger partial charge < -0.3 is 10.1 Å². The molecule has 102 valence electrons. The number of methoxy groups -OCH3 is 1. The number of rotatable bonds is 7. The normalized spacial score (nSPS) is 11.4. The van der Waals surface area contributed by atoms with E-state index in [-0.39, 0.29) is 11.2 Å². The first-order valence-corrected chi connectivity index (χ1v) is 7.15. The van der Waals surface area contributed by atoms with Gasteiger partial charge in [0, 0.05) is 12.1 Å². The lowest BCUT2D eigenvalue weighted by atomic mass is 10.3. The van der Waals surface area contributed by atoms with Gasteiger partial charge in [-0.05, 0) is 43.4 Å². The largest absolute Gasteiger partial charge is 0.497 e. The Kier molecular flexibility index (Phi) is 6.83. The van der Waals surface area contributed by atoms with Gasteiger partial charge in [-0.1, -0.05) is 0 Å². The van der Waals surface area contributed by atoms with E-state index >= 15 is 0 Å². The fourth-order valence-electron chi connectivity index (χ4n) is 1.41. The van der Waals surface area contributed by atoms with Crippen LogP contribution in [0.3, 0.4) is 0 Å². The molecule has 0 aliphatic carbocycles. The first kappa shape index (κ1) is 15.4. The summed E-state index contributed by atoms with van der Waals surface area (Å²) in [6, 6.07) is 9.33. The molecule has 1 aromatic carbocycles. The van der Waals surface area contributed by atoms with Crippen molar-refractivity contribution >= 4 is 23.4 Å². The monoisotopic (exact) mass is 278 g/mol. The zero-order valence-electron chi connectivity index (χ0n) is 11.2. The van der Waals surface area contributed by atoms with E-state index in [9.17, 15) is 4.79 Å². The third-order valence-corrected chi connectivity index (χ3v) is 3.77. The maximum Gasteiger partial charge on any atom is 0.237 e. The highest BCUT2D eigenvalue weighted by Crippen LogP contribution is 2.18. The molecule has 4 nitrogen and oxygen atoms in total. The lowest BCUT2D eigenvalue weighted by Gasteiger charge is -2.11. The van der Waals surface area contributed by atoms with Crippen LogP contribution in [-0.2, 0) is 4.79 Å². The number of nitrogens with one attached hydrogen (secondary N) is 1. The van der Waals surface area contributed by atoms with Gasteiger partial charge in [0.05, 0.1) is 18.4 Å². The number of thioether (sulfide) groups is 1. The van der Waals surface area contributed by atoms with E-state index in [1.54, 1.807) is 31.0 Å². The van der Waals surface area contributed by atoms with Crippen molar-refractivity contribution in [1.82, 2.24) is 0 Å². The average Bonchev–Trinajstić information content (AvgIpc) is 2.44. The summed E-state index contributed by atoms with van der Waals surface area (Å²) < 4.78 is 5.05. The van der Waals surface area contributed by atoms with E-state index < -0.39 is 0 Å². The van der Waals surface area contributed by atoms with E-state index in [0.717, 1.165) is 23.6 Å². The van der Waals surface area contributed by atoms with Crippen LogP contribution in [0.15, 0.2) is 24.3 Å². The number of carbonyl (C=O) groups excluding carboxylic acids is 1. The molecule has 0 aromatic heterocycles. The molecule has 1 N–H and O–H groups in total. The molecule has 1 amide bonds. The third-order valence-electron chi connectivity index (χ3n) is 2.53. The van der Waals surface area contributed by atoms with Gasteiger partial charge in [-0.15, -0.1) is 11.8 Å². The lowest BCUT2D eigenvalue weighted by molar-refractivity contribution is -0.115. The zero-order valence-corrected chi connectivity index (χ0v) is 12.0. The van der Waals surface area contributed by atoms with Crippen molar-refractivity contribution in [3.05, 3.63) is 24.3 Å². The van der Waals surface area contributed by atoms with Crippen LogP contribution < -0.4 is 10.1 Å². The van der Waals surface area contributed by atoms with Crippen LogP contribution in [0.1, 0.15) is 19.8 Å². The predicted octanol–water partition coefficient (Wildman–Crippen LogP) is 3.06. The summed E-state index contributed by atoms with van der Waals surface area (Å²) in [6.45, 7) is 1.87. The minimum absolute atomic E-state index is 0.0212. The van der Waals surface area contributed by atoms with Crippen LogP contribution in [0.25, 0.3) is 0 Å². The summed E-state index contributed by atoms with van der Waals surface area (Å²) in [5.74, 6) is 1.56. The molecule has 1 atom stereocenters. The Morgan fingerprint density at radius 1 is 1.47 bits per heavy atom. The van der Waals surface area contributed by atoms with Crippen molar-refractivity contribution < 1.29 is 9.53 Å². The molecule has 0 radical (unpaired) electrons. The molecule has 0 bridgehead atoms. The predicted molar refractivity (Wildman–Crippen MR) is 78.4 cm³/mol. The van der Waals surface area contributed by atoms with Crippen molar-refractivity contribution in [2.24, 2.45) is 0 Å². The molecular weight excluding hydrogens is 260 g/mol. The Morgan fingerprint density at radius 3 is 2.74 bits per heavy atom. The number of anilines is 1. The van der Waals surface area contributed by atoms with Crippen LogP contribution in [0.2, 0.25) is 0 Å². The third kappa shape index (κ3) is 5.66. The standard InChI is InChI=1S/C14H18N2O2S/c1-11(19-10-4-3-9-15)14(17)16-12-5-7-13(18-2)8-6-12/h5-8,11H,3-4,10H2,1-2H3,(H,16,17). The summed E-state index contributed by atoms with van der Waals surface area (Å²) >= 11 is 1.56. The minimum atomic E-state index is -0.124. The van der Waals surface area contributed by atoms with Gasteiger partial charge >= 0.3 is 0 Å². The smallest absolute Gasteiger partial charge is 0.237 e. The molecule has 0 saturated carbocycles. The Bertz CT molecular complexity index is 440. The molecule has 1 rings (SSSR count). The quantitative estimate of drug-likeness (QED) is 0.779. The van der Waals surface area contributed by atoms with Gasteiger partial charge in [0.1, 0.15) is 5.75 Å². The summed E-state index contributed by atoms with van der Waals surface area (Å²) in [7, 11) is 1.60. The molecule has 0 aliphatic heterocycles. The average molecular weight is 278 g/mol. The topological polar surface area (TPSA) is 62.1 Å². The Morgan fingerprint density at radius 2 is 2.16 bits per heavy atom. The first-order chi connectivity index (χ1) is 9.17. The molecule has 19 heavy (non-hydrogen) atoms. The lowest BCUT2D eigenvalue weighted by Crippen LogP contribution is -2.22. The summed E-state index contributed by atoms with van der Waals surface area (Å²) in [5, 5.41) is 11.2. The zero-order chi connectivity index (χ0) is 14.1. The van der Waals surface area contributed by atoms with Crippen molar-refractivity contribution in [3.63, 3.8) is 0 Å². The molecule has 0 fully saturated rings. The van der Waals surface area contributed by atoms with Gasteiger partial charge in [0.25, 0.3) is 0 Å². The van der Waals surface area contributed by atoms with E-state index in [1.807, 2.05) is 19.1 Å². The number of nitriles is 1. The summed E-state index contributed by atoms with van der Waals surface area (Å²) in [4.78, 5) is 11.9. The number of unbranched alkanes of at least 4 members (excludes halogenated alkanes) is 1. The van der Waals surface area contributed by atoms with Crippen LogP contribution >= 0.6 is 11.8 Å². The second-order valence-electron chi connectivity index (χ2n) is 3.99. The number of benzene rings is 1. The Balaban J connectivity index is 2.38. The molecule has 5 heteroatoms. The Labute approximate surface area is 118 Å². The number of amides is 1. The summed E-state index contributed by atoms with van der Waals surface area (Å²) in [5.41, 5.74) is 0.760. The number of hydrogen-bond donors (Lipinski definition) is 1. The van der Waals surface area contributed by atoms with Crippen LogP contribution in [0, 0.1) is 11.3 Å². The van der Waals surface area contributed by atoms with Gasteiger partial charge in [-0.2, -0.15) is 5.26 Å².